The van der Waals surface area contributed by atoms with Crippen molar-refractivity contribution in [1.82, 2.24) is 0 Å². The van der Waals surface area contributed by atoms with Gasteiger partial charge in [0, 0.05) is 16.2 Å². The van der Waals surface area contributed by atoms with E-state index in [9.17, 15) is 12.8 Å². The first-order valence-electron chi connectivity index (χ1n) is 5.03. The number of hydrogen-bond donors (Lipinski definition) is 0. The van der Waals surface area contributed by atoms with E-state index in [1.807, 2.05) is 13.8 Å². The molecule has 0 spiro atoms. The van der Waals surface area contributed by atoms with E-state index < -0.39 is 20.6 Å². The van der Waals surface area contributed by atoms with Crippen LogP contribution in [0.1, 0.15) is 30.9 Å². The van der Waals surface area contributed by atoms with Gasteiger partial charge in [-0.25, -0.2) is 12.8 Å². The van der Waals surface area contributed by atoms with E-state index in [0.29, 0.717) is 11.3 Å². The number of benzene rings is 1. The zero-order valence-electron chi connectivity index (χ0n) is 9.83. The molecule has 17 heavy (non-hydrogen) atoms. The summed E-state index contributed by atoms with van der Waals surface area (Å²) in [7, 11) is 2.84. The van der Waals surface area contributed by atoms with Gasteiger partial charge < -0.3 is 4.74 Å². The van der Waals surface area contributed by atoms with Crippen LogP contribution in [-0.4, -0.2) is 15.5 Å². The normalized spacial score (nSPS) is 11.9. The predicted molar refractivity (Wildman–Crippen MR) is 65.5 cm³/mol. The lowest BCUT2D eigenvalue weighted by Crippen LogP contribution is -2.02. The minimum Gasteiger partial charge on any atom is -0.496 e. The molecule has 6 heteroatoms. The van der Waals surface area contributed by atoms with Crippen molar-refractivity contribution in [1.29, 1.82) is 0 Å². The van der Waals surface area contributed by atoms with E-state index in [-0.39, 0.29) is 11.5 Å². The Kier molecular flexibility index (Phi) is 4.38. The average molecular weight is 281 g/mol. The van der Waals surface area contributed by atoms with Crippen molar-refractivity contribution in [2.75, 3.05) is 7.11 Å². The standard InChI is InChI=1S/C11H14ClFO3S/c1-7(2)11-9(13)4-8(5-10(11)16-3)6-17(12,14)15/h4-5,7H,6H2,1-3H3. The molecule has 0 amide bonds. The van der Waals surface area contributed by atoms with Crippen molar-refractivity contribution in [3.05, 3.63) is 29.1 Å². The molecule has 0 heterocycles. The molecule has 0 radical (unpaired) electrons. The van der Waals surface area contributed by atoms with Crippen LogP contribution in [0.5, 0.6) is 5.75 Å². The van der Waals surface area contributed by atoms with Crippen LogP contribution in [0.15, 0.2) is 12.1 Å². The smallest absolute Gasteiger partial charge is 0.236 e. The van der Waals surface area contributed by atoms with Crippen LogP contribution in [0.2, 0.25) is 0 Å². The lowest BCUT2D eigenvalue weighted by molar-refractivity contribution is 0.401. The van der Waals surface area contributed by atoms with Gasteiger partial charge in [0.25, 0.3) is 0 Å². The van der Waals surface area contributed by atoms with E-state index in [1.54, 1.807) is 0 Å². The molecule has 0 N–H and O–H groups in total. The maximum Gasteiger partial charge on any atom is 0.236 e. The third kappa shape index (κ3) is 3.85. The van der Waals surface area contributed by atoms with Gasteiger partial charge in [-0.05, 0) is 23.6 Å². The highest BCUT2D eigenvalue weighted by Gasteiger charge is 2.17. The Labute approximate surface area is 105 Å². The van der Waals surface area contributed by atoms with E-state index in [4.69, 9.17) is 15.4 Å². The van der Waals surface area contributed by atoms with Crippen LogP contribution in [0.3, 0.4) is 0 Å². The third-order valence-corrected chi connectivity index (χ3v) is 3.29. The summed E-state index contributed by atoms with van der Waals surface area (Å²) in [5.41, 5.74) is 0.710. The Balaban J connectivity index is 3.27. The van der Waals surface area contributed by atoms with Crippen molar-refractivity contribution in [3.63, 3.8) is 0 Å². The molecular formula is C11H14ClFO3S. The quantitative estimate of drug-likeness (QED) is 0.796. The summed E-state index contributed by atoms with van der Waals surface area (Å²) in [6, 6.07) is 2.68. The summed E-state index contributed by atoms with van der Waals surface area (Å²) < 4.78 is 40.7. The molecule has 0 aromatic heterocycles. The Morgan fingerprint density at radius 3 is 2.41 bits per heavy atom. The van der Waals surface area contributed by atoms with E-state index in [0.717, 1.165) is 0 Å². The van der Waals surface area contributed by atoms with Crippen molar-refractivity contribution in [2.24, 2.45) is 0 Å². The summed E-state index contributed by atoms with van der Waals surface area (Å²) >= 11 is 0. The Morgan fingerprint density at radius 2 is 2.00 bits per heavy atom. The fraction of sp³-hybridized carbons (Fsp3) is 0.455. The fourth-order valence-corrected chi connectivity index (χ4v) is 2.60. The molecule has 3 nitrogen and oxygen atoms in total. The van der Waals surface area contributed by atoms with Crippen LogP contribution in [-0.2, 0) is 14.8 Å². The van der Waals surface area contributed by atoms with Crippen LogP contribution >= 0.6 is 10.7 Å². The highest BCUT2D eigenvalue weighted by molar-refractivity contribution is 8.13. The Morgan fingerprint density at radius 1 is 1.41 bits per heavy atom. The summed E-state index contributed by atoms with van der Waals surface area (Å²) in [5, 5.41) is 0. The number of hydrogen-bond acceptors (Lipinski definition) is 3. The summed E-state index contributed by atoms with van der Waals surface area (Å²) in [6.07, 6.45) is 0. The topological polar surface area (TPSA) is 43.4 Å². The first kappa shape index (κ1) is 14.3. The lowest BCUT2D eigenvalue weighted by Gasteiger charge is -2.14. The second-order valence-corrected chi connectivity index (χ2v) is 6.81. The molecule has 1 rings (SSSR count). The highest BCUT2D eigenvalue weighted by Crippen LogP contribution is 2.31. The fourth-order valence-electron chi connectivity index (χ4n) is 1.66. The van der Waals surface area contributed by atoms with Crippen LogP contribution in [0.25, 0.3) is 0 Å². The van der Waals surface area contributed by atoms with Crippen molar-refractivity contribution in [3.8, 4) is 5.75 Å². The zero-order chi connectivity index (χ0) is 13.2. The van der Waals surface area contributed by atoms with Crippen LogP contribution < -0.4 is 4.74 Å². The zero-order valence-corrected chi connectivity index (χ0v) is 11.4. The van der Waals surface area contributed by atoms with Crippen LogP contribution in [0, 0.1) is 5.82 Å². The number of ether oxygens (including phenoxy) is 1. The van der Waals surface area contributed by atoms with Crippen LogP contribution in [0.4, 0.5) is 4.39 Å². The molecule has 1 aromatic carbocycles. The molecular weight excluding hydrogens is 267 g/mol. The average Bonchev–Trinajstić information content (AvgIpc) is 2.12. The number of halogens is 2. The highest BCUT2D eigenvalue weighted by atomic mass is 35.7. The van der Waals surface area contributed by atoms with E-state index >= 15 is 0 Å². The third-order valence-electron chi connectivity index (χ3n) is 2.29. The predicted octanol–water partition coefficient (Wildman–Crippen LogP) is 3.03. The molecule has 0 atom stereocenters. The lowest BCUT2D eigenvalue weighted by atomic mass is 10.00. The number of rotatable bonds is 4. The minimum atomic E-state index is -3.70. The first-order valence-corrected chi connectivity index (χ1v) is 7.51. The minimum absolute atomic E-state index is 0.0494. The monoisotopic (exact) mass is 280 g/mol. The second kappa shape index (κ2) is 5.23. The van der Waals surface area contributed by atoms with Gasteiger partial charge in [-0.15, -0.1) is 0 Å². The van der Waals surface area contributed by atoms with E-state index in [1.165, 1.54) is 19.2 Å². The summed E-state index contributed by atoms with van der Waals surface area (Å²) in [4.78, 5) is 0. The first-order chi connectivity index (χ1) is 7.74. The molecule has 0 aliphatic rings. The summed E-state index contributed by atoms with van der Waals surface area (Å²) in [6.45, 7) is 3.66. The van der Waals surface area contributed by atoms with Gasteiger partial charge in [0.1, 0.15) is 11.6 Å². The van der Waals surface area contributed by atoms with Crippen molar-refractivity contribution >= 4 is 19.7 Å². The van der Waals surface area contributed by atoms with Crippen molar-refractivity contribution < 1.29 is 17.5 Å². The van der Waals surface area contributed by atoms with Crippen molar-refractivity contribution in [2.45, 2.75) is 25.5 Å². The van der Waals surface area contributed by atoms with Gasteiger partial charge in [0.05, 0.1) is 12.9 Å². The van der Waals surface area contributed by atoms with E-state index in [2.05, 4.69) is 0 Å². The molecule has 96 valence electrons. The Hall–Kier alpha value is -0.810. The molecule has 0 saturated carbocycles. The molecule has 0 saturated heterocycles. The molecule has 0 bridgehead atoms. The Bertz CT molecular complexity index is 512. The molecule has 1 aromatic rings. The van der Waals surface area contributed by atoms with Gasteiger partial charge in [-0.2, -0.15) is 0 Å². The van der Waals surface area contributed by atoms with Gasteiger partial charge in [0.2, 0.25) is 9.05 Å². The molecule has 0 aliphatic carbocycles. The largest absolute Gasteiger partial charge is 0.496 e. The SMILES string of the molecule is COc1cc(CS(=O)(=O)Cl)cc(F)c1C(C)C. The van der Waals surface area contributed by atoms with Gasteiger partial charge in [0.15, 0.2) is 0 Å². The molecule has 0 unspecified atom stereocenters. The maximum absolute atomic E-state index is 13.8. The molecule has 0 fully saturated rings. The summed E-state index contributed by atoms with van der Waals surface area (Å²) in [5.74, 6) is -0.600. The van der Waals surface area contributed by atoms with Gasteiger partial charge in [-0.3, -0.25) is 0 Å². The van der Waals surface area contributed by atoms with Gasteiger partial charge in [-0.1, -0.05) is 13.8 Å². The maximum atomic E-state index is 13.8. The van der Waals surface area contributed by atoms with Gasteiger partial charge >= 0.3 is 0 Å². The molecule has 0 aliphatic heterocycles. The number of methoxy groups -OCH3 is 1. The second-order valence-electron chi connectivity index (χ2n) is 4.03.